The van der Waals surface area contributed by atoms with E-state index in [4.69, 9.17) is 10.5 Å². The number of nitrogens with two attached hydrogens (primary N) is 1. The van der Waals surface area contributed by atoms with Gasteiger partial charge in [-0.2, -0.15) is 4.31 Å². The Morgan fingerprint density at radius 1 is 1.08 bits per heavy atom. The molecule has 0 atom stereocenters. The van der Waals surface area contributed by atoms with Crippen LogP contribution in [0.25, 0.3) is 0 Å². The number of morpholine rings is 1. The van der Waals surface area contributed by atoms with E-state index in [1.807, 2.05) is 0 Å². The first-order valence-corrected chi connectivity index (χ1v) is 10.4. The van der Waals surface area contributed by atoms with E-state index in [-0.39, 0.29) is 41.8 Å². The lowest BCUT2D eigenvalue weighted by Gasteiger charge is -2.26. The van der Waals surface area contributed by atoms with Crippen LogP contribution in [0.4, 0.5) is 0 Å². The van der Waals surface area contributed by atoms with Crippen LogP contribution in [0.3, 0.4) is 0 Å². The van der Waals surface area contributed by atoms with Crippen molar-refractivity contribution in [1.29, 1.82) is 0 Å². The van der Waals surface area contributed by atoms with Crippen molar-refractivity contribution in [3.8, 4) is 0 Å². The number of nitrogens with one attached hydrogen (secondary N) is 1. The number of hydrogen-bond donors (Lipinski definition) is 2. The number of rotatable bonds is 6. The van der Waals surface area contributed by atoms with Gasteiger partial charge in [-0.15, -0.1) is 12.4 Å². The third-order valence-corrected chi connectivity index (χ3v) is 7.29. The quantitative estimate of drug-likeness (QED) is 0.684. The SMILES string of the molecule is CC(C)(CN)NS(=O)(=O)c1ccc(S(=O)(=O)N2CCOCC2)cc1.Cl. The smallest absolute Gasteiger partial charge is 0.243 e. The second-order valence-corrected chi connectivity index (χ2v) is 9.80. The standard InChI is InChI=1S/C14H23N3O5S2.ClH/c1-14(2,11-15)16-23(18,19)12-3-5-13(6-4-12)24(20,21)17-7-9-22-10-8-17;/h3-6,16H,7-11,15H2,1-2H3;1H. The maximum atomic E-state index is 12.5. The molecule has 1 fully saturated rings. The molecular formula is C14H24ClN3O5S2. The summed E-state index contributed by atoms with van der Waals surface area (Å²) in [4.78, 5) is 0.0476. The first kappa shape index (κ1) is 22.3. The molecule has 25 heavy (non-hydrogen) atoms. The molecule has 0 aromatic heterocycles. The molecule has 0 spiro atoms. The molecule has 144 valence electrons. The van der Waals surface area contributed by atoms with E-state index in [0.29, 0.717) is 13.2 Å². The molecule has 1 aromatic carbocycles. The molecule has 1 aliphatic rings. The summed E-state index contributed by atoms with van der Waals surface area (Å²) in [5.74, 6) is 0. The normalized spacial score (nSPS) is 17.1. The highest BCUT2D eigenvalue weighted by Crippen LogP contribution is 2.20. The molecule has 0 aliphatic carbocycles. The van der Waals surface area contributed by atoms with Gasteiger partial charge in [-0.1, -0.05) is 0 Å². The summed E-state index contributed by atoms with van der Waals surface area (Å²) >= 11 is 0. The van der Waals surface area contributed by atoms with Crippen molar-refractivity contribution < 1.29 is 21.6 Å². The van der Waals surface area contributed by atoms with Gasteiger partial charge in [0.2, 0.25) is 20.0 Å². The lowest BCUT2D eigenvalue weighted by Crippen LogP contribution is -2.48. The number of sulfonamides is 2. The van der Waals surface area contributed by atoms with Crippen LogP contribution >= 0.6 is 12.4 Å². The molecule has 0 bridgehead atoms. The Morgan fingerprint density at radius 3 is 2.04 bits per heavy atom. The van der Waals surface area contributed by atoms with Crippen LogP contribution < -0.4 is 10.5 Å². The average Bonchev–Trinajstić information content (AvgIpc) is 2.55. The van der Waals surface area contributed by atoms with Crippen LogP contribution in [0.5, 0.6) is 0 Å². The summed E-state index contributed by atoms with van der Waals surface area (Å²) in [6, 6.07) is 5.16. The van der Waals surface area contributed by atoms with Gasteiger partial charge in [-0.05, 0) is 38.1 Å². The minimum atomic E-state index is -3.78. The van der Waals surface area contributed by atoms with Crippen LogP contribution in [-0.4, -0.2) is 59.5 Å². The van der Waals surface area contributed by atoms with Crippen molar-refractivity contribution in [2.45, 2.75) is 29.2 Å². The van der Waals surface area contributed by atoms with Gasteiger partial charge in [-0.3, -0.25) is 0 Å². The van der Waals surface area contributed by atoms with Crippen LogP contribution in [0.1, 0.15) is 13.8 Å². The van der Waals surface area contributed by atoms with Gasteiger partial charge in [0.05, 0.1) is 23.0 Å². The summed E-state index contributed by atoms with van der Waals surface area (Å²) in [5.41, 5.74) is 4.74. The molecule has 0 amide bonds. The van der Waals surface area contributed by atoms with Crippen molar-refractivity contribution in [2.24, 2.45) is 5.73 Å². The highest BCUT2D eigenvalue weighted by atomic mass is 35.5. The maximum Gasteiger partial charge on any atom is 0.243 e. The summed E-state index contributed by atoms with van der Waals surface area (Å²) in [5, 5.41) is 0. The summed E-state index contributed by atoms with van der Waals surface area (Å²) < 4.78 is 58.6. The topological polar surface area (TPSA) is 119 Å². The fraction of sp³-hybridized carbons (Fsp3) is 0.571. The predicted octanol–water partition coefficient (Wildman–Crippen LogP) is 0.145. The Morgan fingerprint density at radius 2 is 1.56 bits per heavy atom. The van der Waals surface area contributed by atoms with E-state index in [2.05, 4.69) is 4.72 Å². The van der Waals surface area contributed by atoms with Crippen molar-refractivity contribution in [3.05, 3.63) is 24.3 Å². The Bertz CT molecular complexity index is 773. The Kier molecular flexibility index (Phi) is 7.40. The highest BCUT2D eigenvalue weighted by molar-refractivity contribution is 7.89. The number of benzene rings is 1. The number of ether oxygens (including phenoxy) is 1. The highest BCUT2D eigenvalue weighted by Gasteiger charge is 2.28. The van der Waals surface area contributed by atoms with E-state index in [1.54, 1.807) is 13.8 Å². The Labute approximate surface area is 155 Å². The summed E-state index contributed by atoms with van der Waals surface area (Å²) in [6.07, 6.45) is 0. The monoisotopic (exact) mass is 413 g/mol. The Hall–Kier alpha value is -0.750. The third kappa shape index (κ3) is 5.36. The fourth-order valence-electron chi connectivity index (χ4n) is 2.19. The largest absolute Gasteiger partial charge is 0.379 e. The Balaban J connectivity index is 0.00000312. The maximum absolute atomic E-state index is 12.5. The van der Waals surface area contributed by atoms with E-state index in [9.17, 15) is 16.8 Å². The number of nitrogens with zero attached hydrogens (tertiary/aromatic N) is 1. The molecule has 11 heteroatoms. The first-order valence-electron chi connectivity index (χ1n) is 7.50. The summed E-state index contributed by atoms with van der Waals surface area (Å²) in [6.45, 7) is 4.75. The lowest BCUT2D eigenvalue weighted by atomic mass is 10.1. The van der Waals surface area contributed by atoms with Gasteiger partial charge in [0.1, 0.15) is 0 Å². The second-order valence-electron chi connectivity index (χ2n) is 6.18. The van der Waals surface area contributed by atoms with Crippen LogP contribution in [-0.2, 0) is 24.8 Å². The van der Waals surface area contributed by atoms with Gasteiger partial charge in [0, 0.05) is 25.2 Å². The van der Waals surface area contributed by atoms with E-state index >= 15 is 0 Å². The van der Waals surface area contributed by atoms with Crippen molar-refractivity contribution >= 4 is 32.5 Å². The van der Waals surface area contributed by atoms with E-state index in [0.717, 1.165) is 0 Å². The molecule has 1 aliphatic heterocycles. The zero-order valence-electron chi connectivity index (χ0n) is 14.1. The third-order valence-electron chi connectivity index (χ3n) is 3.66. The van der Waals surface area contributed by atoms with Gasteiger partial charge in [-0.25, -0.2) is 21.6 Å². The minimum absolute atomic E-state index is 0. The van der Waals surface area contributed by atoms with Gasteiger partial charge < -0.3 is 10.5 Å². The van der Waals surface area contributed by atoms with Crippen molar-refractivity contribution in [1.82, 2.24) is 9.03 Å². The van der Waals surface area contributed by atoms with Gasteiger partial charge in [0.15, 0.2) is 0 Å². The zero-order chi connectivity index (χ0) is 18.0. The van der Waals surface area contributed by atoms with E-state index in [1.165, 1.54) is 28.6 Å². The average molecular weight is 414 g/mol. The molecule has 2 rings (SSSR count). The predicted molar refractivity (Wildman–Crippen MR) is 96.7 cm³/mol. The molecule has 0 radical (unpaired) electrons. The van der Waals surface area contributed by atoms with E-state index < -0.39 is 25.6 Å². The summed E-state index contributed by atoms with van der Waals surface area (Å²) in [7, 11) is -7.42. The lowest BCUT2D eigenvalue weighted by molar-refractivity contribution is 0.0730. The minimum Gasteiger partial charge on any atom is -0.379 e. The fourth-order valence-corrected chi connectivity index (χ4v) is 5.02. The van der Waals surface area contributed by atoms with Crippen LogP contribution in [0.15, 0.2) is 34.1 Å². The molecule has 3 N–H and O–H groups in total. The molecule has 1 heterocycles. The molecular weight excluding hydrogens is 390 g/mol. The molecule has 0 unspecified atom stereocenters. The van der Waals surface area contributed by atoms with Gasteiger partial charge in [0.25, 0.3) is 0 Å². The van der Waals surface area contributed by atoms with Crippen molar-refractivity contribution in [3.63, 3.8) is 0 Å². The zero-order valence-corrected chi connectivity index (χ0v) is 16.6. The van der Waals surface area contributed by atoms with Crippen LogP contribution in [0, 0.1) is 0 Å². The van der Waals surface area contributed by atoms with Gasteiger partial charge >= 0.3 is 0 Å². The molecule has 0 saturated carbocycles. The molecule has 8 nitrogen and oxygen atoms in total. The van der Waals surface area contributed by atoms with Crippen LogP contribution in [0.2, 0.25) is 0 Å². The first-order chi connectivity index (χ1) is 11.1. The second kappa shape index (κ2) is 8.30. The molecule has 1 aromatic rings. The molecule has 1 saturated heterocycles. The number of hydrogen-bond acceptors (Lipinski definition) is 6. The van der Waals surface area contributed by atoms with Crippen molar-refractivity contribution in [2.75, 3.05) is 32.8 Å². The number of halogens is 1.